The van der Waals surface area contributed by atoms with Gasteiger partial charge in [-0.15, -0.1) is 0 Å². The topological polar surface area (TPSA) is 50.4 Å². The first-order chi connectivity index (χ1) is 10.8. The lowest BCUT2D eigenvalue weighted by atomic mass is 10.1. The number of fused-ring (bicyclic) bond motifs is 1. The number of amides is 2. The average molecular weight is 298 g/mol. The molecule has 3 rings (SSSR count). The lowest BCUT2D eigenvalue weighted by Gasteiger charge is -2.20. The Hall–Kier alpha value is -2.07. The zero-order valence-electron chi connectivity index (χ0n) is 12.8. The Morgan fingerprint density at radius 2 is 2.00 bits per heavy atom. The fourth-order valence-electron chi connectivity index (χ4n) is 3.30. The van der Waals surface area contributed by atoms with Gasteiger partial charge in [-0.2, -0.15) is 0 Å². The molecule has 1 fully saturated rings. The number of benzene rings is 2. The van der Waals surface area contributed by atoms with Crippen molar-refractivity contribution in [1.82, 2.24) is 5.32 Å². The molecule has 0 aliphatic heterocycles. The molecular weight excluding hydrogens is 276 g/mol. The van der Waals surface area contributed by atoms with Gasteiger partial charge in [0.05, 0.1) is 12.3 Å². The summed E-state index contributed by atoms with van der Waals surface area (Å²) >= 11 is 0. The van der Waals surface area contributed by atoms with E-state index >= 15 is 0 Å². The highest BCUT2D eigenvalue weighted by Crippen LogP contribution is 2.26. The van der Waals surface area contributed by atoms with Crippen molar-refractivity contribution < 1.29 is 9.53 Å². The zero-order valence-corrected chi connectivity index (χ0v) is 12.8. The molecule has 2 aromatic rings. The molecular formula is C18H22N2O2. The first kappa shape index (κ1) is 14.9. The second-order valence-electron chi connectivity index (χ2n) is 5.88. The number of hydrogen-bond acceptors (Lipinski definition) is 2. The van der Waals surface area contributed by atoms with Gasteiger partial charge in [0.25, 0.3) is 0 Å². The summed E-state index contributed by atoms with van der Waals surface area (Å²) in [6.45, 7) is 0.708. The van der Waals surface area contributed by atoms with Crippen molar-refractivity contribution in [3.8, 4) is 0 Å². The van der Waals surface area contributed by atoms with Crippen molar-refractivity contribution in [3.05, 3.63) is 42.5 Å². The lowest BCUT2D eigenvalue weighted by Crippen LogP contribution is -2.41. The van der Waals surface area contributed by atoms with Gasteiger partial charge in [-0.05, 0) is 24.3 Å². The minimum Gasteiger partial charge on any atom is -0.384 e. The summed E-state index contributed by atoms with van der Waals surface area (Å²) in [5.41, 5.74) is 0.844. The third kappa shape index (κ3) is 3.22. The SMILES string of the molecule is COC[C@@H]1CCC[C@@H]1NC(=O)Nc1cccc2ccccc12. The highest BCUT2D eigenvalue weighted by atomic mass is 16.5. The van der Waals surface area contributed by atoms with Crippen molar-refractivity contribution in [2.75, 3.05) is 19.0 Å². The molecule has 0 radical (unpaired) electrons. The molecule has 1 aliphatic carbocycles. The number of rotatable bonds is 4. The quantitative estimate of drug-likeness (QED) is 0.902. The van der Waals surface area contributed by atoms with E-state index in [1.807, 2.05) is 42.5 Å². The summed E-state index contributed by atoms with van der Waals surface area (Å²) in [4.78, 5) is 12.3. The Morgan fingerprint density at radius 3 is 2.86 bits per heavy atom. The van der Waals surface area contributed by atoms with E-state index in [9.17, 15) is 4.79 Å². The number of urea groups is 1. The van der Waals surface area contributed by atoms with Crippen LogP contribution < -0.4 is 10.6 Å². The molecule has 0 heterocycles. The van der Waals surface area contributed by atoms with Gasteiger partial charge in [-0.1, -0.05) is 42.8 Å². The number of methoxy groups -OCH3 is 1. The Kier molecular flexibility index (Phi) is 4.59. The van der Waals surface area contributed by atoms with Crippen LogP contribution in [-0.4, -0.2) is 25.8 Å². The van der Waals surface area contributed by atoms with Crippen LogP contribution in [-0.2, 0) is 4.74 Å². The summed E-state index contributed by atoms with van der Waals surface area (Å²) in [5, 5.41) is 8.26. The van der Waals surface area contributed by atoms with Crippen LogP contribution in [0.15, 0.2) is 42.5 Å². The molecule has 116 valence electrons. The summed E-state index contributed by atoms with van der Waals surface area (Å²) in [6, 6.07) is 14.1. The van der Waals surface area contributed by atoms with E-state index in [0.29, 0.717) is 12.5 Å². The van der Waals surface area contributed by atoms with Crippen LogP contribution in [0.2, 0.25) is 0 Å². The van der Waals surface area contributed by atoms with Gasteiger partial charge in [0.1, 0.15) is 0 Å². The van der Waals surface area contributed by atoms with Crippen LogP contribution in [0.3, 0.4) is 0 Å². The van der Waals surface area contributed by atoms with Crippen molar-refractivity contribution in [2.45, 2.75) is 25.3 Å². The smallest absolute Gasteiger partial charge is 0.319 e. The summed E-state index contributed by atoms with van der Waals surface area (Å²) < 4.78 is 5.24. The van der Waals surface area contributed by atoms with E-state index in [-0.39, 0.29) is 12.1 Å². The molecule has 0 bridgehead atoms. The summed E-state index contributed by atoms with van der Waals surface area (Å²) in [6.07, 6.45) is 3.29. The van der Waals surface area contributed by atoms with Crippen LogP contribution in [0.1, 0.15) is 19.3 Å². The average Bonchev–Trinajstić information content (AvgIpc) is 2.95. The highest BCUT2D eigenvalue weighted by Gasteiger charge is 2.28. The summed E-state index contributed by atoms with van der Waals surface area (Å²) in [7, 11) is 1.71. The van der Waals surface area contributed by atoms with Crippen LogP contribution in [0, 0.1) is 5.92 Å². The molecule has 4 nitrogen and oxygen atoms in total. The standard InChI is InChI=1S/C18H22N2O2/c1-22-12-14-8-5-10-16(14)19-18(21)20-17-11-4-7-13-6-2-3-9-15(13)17/h2-4,6-7,9,11,14,16H,5,8,10,12H2,1H3,(H2,19,20,21)/t14-,16-/m0/s1. The van der Waals surface area contributed by atoms with Crippen LogP contribution in [0.25, 0.3) is 10.8 Å². The molecule has 0 unspecified atom stereocenters. The predicted octanol–water partition coefficient (Wildman–Crippen LogP) is 3.78. The molecule has 4 heteroatoms. The first-order valence-electron chi connectivity index (χ1n) is 7.82. The Labute approximate surface area is 130 Å². The Balaban J connectivity index is 1.68. The molecule has 2 atom stereocenters. The van der Waals surface area contributed by atoms with Crippen molar-refractivity contribution in [1.29, 1.82) is 0 Å². The van der Waals surface area contributed by atoms with E-state index < -0.39 is 0 Å². The zero-order chi connectivity index (χ0) is 15.4. The minimum atomic E-state index is -0.135. The minimum absolute atomic E-state index is 0.135. The fourth-order valence-corrected chi connectivity index (χ4v) is 3.30. The molecule has 0 aromatic heterocycles. The van der Waals surface area contributed by atoms with Gasteiger partial charge < -0.3 is 15.4 Å². The van der Waals surface area contributed by atoms with Crippen molar-refractivity contribution in [3.63, 3.8) is 0 Å². The van der Waals surface area contributed by atoms with Crippen molar-refractivity contribution in [2.24, 2.45) is 5.92 Å². The van der Waals surface area contributed by atoms with E-state index in [2.05, 4.69) is 10.6 Å². The van der Waals surface area contributed by atoms with E-state index in [4.69, 9.17) is 4.74 Å². The van der Waals surface area contributed by atoms with E-state index in [0.717, 1.165) is 35.7 Å². The second-order valence-corrected chi connectivity index (χ2v) is 5.88. The van der Waals surface area contributed by atoms with Gasteiger partial charge in [0.2, 0.25) is 0 Å². The molecule has 0 spiro atoms. The first-order valence-corrected chi connectivity index (χ1v) is 7.82. The van der Waals surface area contributed by atoms with E-state index in [1.165, 1.54) is 0 Å². The number of hydrogen-bond donors (Lipinski definition) is 2. The monoisotopic (exact) mass is 298 g/mol. The molecule has 2 N–H and O–H groups in total. The third-order valence-corrected chi connectivity index (χ3v) is 4.39. The summed E-state index contributed by atoms with van der Waals surface area (Å²) in [5.74, 6) is 0.420. The number of anilines is 1. The normalized spacial score (nSPS) is 21.0. The van der Waals surface area contributed by atoms with Gasteiger partial charge in [-0.25, -0.2) is 4.79 Å². The molecule has 2 aromatic carbocycles. The maximum absolute atomic E-state index is 12.3. The number of carbonyl (C=O) groups excluding carboxylic acids is 1. The van der Waals surface area contributed by atoms with Crippen LogP contribution >= 0.6 is 0 Å². The molecule has 22 heavy (non-hydrogen) atoms. The second kappa shape index (κ2) is 6.79. The van der Waals surface area contributed by atoms with Gasteiger partial charge in [0, 0.05) is 24.5 Å². The maximum Gasteiger partial charge on any atom is 0.319 e. The van der Waals surface area contributed by atoms with Crippen LogP contribution in [0.5, 0.6) is 0 Å². The Morgan fingerprint density at radius 1 is 1.18 bits per heavy atom. The number of ether oxygens (including phenoxy) is 1. The number of carbonyl (C=O) groups is 1. The van der Waals surface area contributed by atoms with E-state index in [1.54, 1.807) is 7.11 Å². The van der Waals surface area contributed by atoms with Gasteiger partial charge in [-0.3, -0.25) is 0 Å². The predicted molar refractivity (Wildman–Crippen MR) is 89.1 cm³/mol. The third-order valence-electron chi connectivity index (χ3n) is 4.39. The largest absolute Gasteiger partial charge is 0.384 e. The Bertz CT molecular complexity index is 651. The molecule has 2 amide bonds. The molecule has 1 aliphatic rings. The fraction of sp³-hybridized carbons (Fsp3) is 0.389. The molecule has 0 saturated heterocycles. The maximum atomic E-state index is 12.3. The number of nitrogens with one attached hydrogen (secondary N) is 2. The molecule has 1 saturated carbocycles. The van der Waals surface area contributed by atoms with Gasteiger partial charge in [0.15, 0.2) is 0 Å². The lowest BCUT2D eigenvalue weighted by molar-refractivity contribution is 0.142. The van der Waals surface area contributed by atoms with Crippen molar-refractivity contribution >= 4 is 22.5 Å². The highest BCUT2D eigenvalue weighted by molar-refractivity contribution is 6.01. The van der Waals surface area contributed by atoms with Gasteiger partial charge >= 0.3 is 6.03 Å². The van der Waals surface area contributed by atoms with Crippen LogP contribution in [0.4, 0.5) is 10.5 Å².